The maximum Gasteiger partial charge on any atom is 0.157 e. The quantitative estimate of drug-likeness (QED) is 0.309. The highest BCUT2D eigenvalue weighted by molar-refractivity contribution is 5.81. The van der Waals surface area contributed by atoms with E-state index in [0.717, 1.165) is 0 Å². The number of hydrazone groups is 1. The van der Waals surface area contributed by atoms with E-state index in [2.05, 4.69) is 5.10 Å². The monoisotopic (exact) mass is 183 g/mol. The molecule has 4 nitrogen and oxygen atoms in total. The summed E-state index contributed by atoms with van der Waals surface area (Å²) in [6.45, 7) is 0.0555. The lowest BCUT2D eigenvalue weighted by Gasteiger charge is -2.04. The summed E-state index contributed by atoms with van der Waals surface area (Å²) < 4.78 is 17.7. The third-order valence-electron chi connectivity index (χ3n) is 1.35. The van der Waals surface area contributed by atoms with Gasteiger partial charge in [-0.1, -0.05) is 6.07 Å². The Bertz CT molecular complexity index is 314. The van der Waals surface area contributed by atoms with Crippen LogP contribution >= 0.6 is 0 Å². The number of halogens is 1. The zero-order valence-corrected chi connectivity index (χ0v) is 6.90. The van der Waals surface area contributed by atoms with Crippen molar-refractivity contribution in [2.75, 3.05) is 6.61 Å². The number of rotatable bonds is 3. The first kappa shape index (κ1) is 9.31. The summed E-state index contributed by atoms with van der Waals surface area (Å²) in [5, 5.41) is 3.20. The number of nitrogens with zero attached hydrogens (tertiary/aromatic N) is 1. The summed E-state index contributed by atoms with van der Waals surface area (Å²) in [5.74, 6) is 5.07. The van der Waals surface area contributed by atoms with Crippen LogP contribution in [0.3, 0.4) is 0 Å². The van der Waals surface area contributed by atoms with Crippen LogP contribution < -0.4 is 16.3 Å². The fourth-order valence-corrected chi connectivity index (χ4v) is 0.751. The van der Waals surface area contributed by atoms with Gasteiger partial charge in [0.05, 0.1) is 0 Å². The fourth-order valence-electron chi connectivity index (χ4n) is 0.751. The third-order valence-corrected chi connectivity index (χ3v) is 1.35. The summed E-state index contributed by atoms with van der Waals surface area (Å²) in [6.07, 6.45) is 0. The van der Waals surface area contributed by atoms with E-state index in [1.165, 1.54) is 12.1 Å². The minimum atomic E-state index is -0.360. The van der Waals surface area contributed by atoms with Crippen LogP contribution in [-0.4, -0.2) is 12.4 Å². The Morgan fingerprint density at radius 1 is 1.54 bits per heavy atom. The smallest absolute Gasteiger partial charge is 0.157 e. The highest BCUT2D eigenvalue weighted by Crippen LogP contribution is 2.11. The van der Waals surface area contributed by atoms with E-state index in [9.17, 15) is 4.39 Å². The summed E-state index contributed by atoms with van der Waals surface area (Å²) in [7, 11) is 0. The maximum absolute atomic E-state index is 12.6. The summed E-state index contributed by atoms with van der Waals surface area (Å²) in [5.41, 5.74) is 5.27. The number of benzene rings is 1. The van der Waals surface area contributed by atoms with Gasteiger partial charge in [-0.2, -0.15) is 5.10 Å². The zero-order valence-electron chi connectivity index (χ0n) is 6.90. The van der Waals surface area contributed by atoms with E-state index in [-0.39, 0.29) is 18.3 Å². The van der Waals surface area contributed by atoms with Crippen molar-refractivity contribution in [3.05, 3.63) is 30.1 Å². The molecule has 0 radical (unpaired) electrons. The standard InChI is InChI=1S/C8H10FN3O/c9-6-2-1-3-7(4-6)13-5-8(10)12-11/h1-4H,5,11H2,(H2,10,12). The lowest BCUT2D eigenvalue weighted by atomic mass is 10.3. The Kier molecular flexibility index (Phi) is 3.08. The van der Waals surface area contributed by atoms with Crippen LogP contribution in [0.15, 0.2) is 29.4 Å². The predicted octanol–water partition coefficient (Wildman–Crippen LogP) is 0.435. The molecular weight excluding hydrogens is 173 g/mol. The minimum Gasteiger partial charge on any atom is -0.486 e. The molecule has 0 bridgehead atoms. The number of ether oxygens (including phenoxy) is 1. The van der Waals surface area contributed by atoms with Gasteiger partial charge in [0.15, 0.2) is 5.84 Å². The van der Waals surface area contributed by atoms with Crippen molar-refractivity contribution in [2.45, 2.75) is 0 Å². The molecule has 1 rings (SSSR count). The predicted molar refractivity (Wildman–Crippen MR) is 47.7 cm³/mol. The molecule has 0 unspecified atom stereocenters. The van der Waals surface area contributed by atoms with Gasteiger partial charge in [0.2, 0.25) is 0 Å². The van der Waals surface area contributed by atoms with E-state index >= 15 is 0 Å². The summed E-state index contributed by atoms with van der Waals surface area (Å²) in [4.78, 5) is 0. The van der Waals surface area contributed by atoms with Crippen LogP contribution in [0.5, 0.6) is 5.75 Å². The molecule has 13 heavy (non-hydrogen) atoms. The van der Waals surface area contributed by atoms with E-state index < -0.39 is 0 Å². The van der Waals surface area contributed by atoms with Gasteiger partial charge in [-0.15, -0.1) is 0 Å². The minimum absolute atomic E-state index is 0.0555. The molecule has 0 atom stereocenters. The molecule has 1 aromatic rings. The van der Waals surface area contributed by atoms with Crippen molar-refractivity contribution in [3.8, 4) is 5.75 Å². The van der Waals surface area contributed by atoms with Gasteiger partial charge in [-0.05, 0) is 12.1 Å². The largest absolute Gasteiger partial charge is 0.486 e. The van der Waals surface area contributed by atoms with Crippen molar-refractivity contribution in [3.63, 3.8) is 0 Å². The van der Waals surface area contributed by atoms with Crippen molar-refractivity contribution in [2.24, 2.45) is 16.7 Å². The highest BCUT2D eigenvalue weighted by atomic mass is 19.1. The van der Waals surface area contributed by atoms with Crippen molar-refractivity contribution < 1.29 is 9.13 Å². The molecule has 0 aliphatic carbocycles. The molecule has 0 aliphatic rings. The molecule has 1 aromatic carbocycles. The molecule has 0 fully saturated rings. The van der Waals surface area contributed by atoms with Gasteiger partial charge in [0, 0.05) is 6.07 Å². The van der Waals surface area contributed by atoms with Gasteiger partial charge in [-0.25, -0.2) is 4.39 Å². The number of hydrogen-bond acceptors (Lipinski definition) is 3. The van der Waals surface area contributed by atoms with E-state index in [1.54, 1.807) is 12.1 Å². The van der Waals surface area contributed by atoms with Crippen LogP contribution in [0.1, 0.15) is 0 Å². The first-order valence-corrected chi connectivity index (χ1v) is 3.63. The molecule has 0 saturated carbocycles. The van der Waals surface area contributed by atoms with E-state index in [0.29, 0.717) is 5.75 Å². The highest BCUT2D eigenvalue weighted by Gasteiger charge is 1.96. The van der Waals surface area contributed by atoms with Crippen molar-refractivity contribution >= 4 is 5.84 Å². The lowest BCUT2D eigenvalue weighted by Crippen LogP contribution is -2.22. The van der Waals surface area contributed by atoms with E-state index in [4.69, 9.17) is 16.3 Å². The summed E-state index contributed by atoms with van der Waals surface area (Å²) >= 11 is 0. The van der Waals surface area contributed by atoms with Crippen LogP contribution in [0.4, 0.5) is 4.39 Å². The molecule has 4 N–H and O–H groups in total. The average molecular weight is 183 g/mol. The second-order valence-corrected chi connectivity index (χ2v) is 2.37. The van der Waals surface area contributed by atoms with Crippen LogP contribution in [-0.2, 0) is 0 Å². The molecule has 0 aliphatic heterocycles. The van der Waals surface area contributed by atoms with Crippen LogP contribution in [0.2, 0.25) is 0 Å². The molecule has 0 aromatic heterocycles. The third kappa shape index (κ3) is 2.98. The topological polar surface area (TPSA) is 73.6 Å². The number of amidine groups is 1. The molecule has 0 heterocycles. The van der Waals surface area contributed by atoms with Gasteiger partial charge in [0.25, 0.3) is 0 Å². The van der Waals surface area contributed by atoms with Gasteiger partial charge < -0.3 is 16.3 Å². The fraction of sp³-hybridized carbons (Fsp3) is 0.125. The van der Waals surface area contributed by atoms with E-state index in [1.807, 2.05) is 0 Å². The second-order valence-electron chi connectivity index (χ2n) is 2.37. The molecular formula is C8H10FN3O. The van der Waals surface area contributed by atoms with Crippen LogP contribution in [0, 0.1) is 5.82 Å². The lowest BCUT2D eigenvalue weighted by molar-refractivity contribution is 0.372. The zero-order chi connectivity index (χ0) is 9.68. The Morgan fingerprint density at radius 3 is 2.92 bits per heavy atom. The number of nitrogens with two attached hydrogens (primary N) is 2. The molecule has 5 heteroatoms. The van der Waals surface area contributed by atoms with Crippen molar-refractivity contribution in [1.29, 1.82) is 0 Å². The molecule has 70 valence electrons. The normalized spacial score (nSPS) is 11.3. The summed E-state index contributed by atoms with van der Waals surface area (Å²) in [6, 6.07) is 5.74. The SMILES string of the molecule is N/N=C(\N)COc1cccc(F)c1. The Hall–Kier alpha value is -1.78. The maximum atomic E-state index is 12.6. The first-order valence-electron chi connectivity index (χ1n) is 3.63. The Morgan fingerprint density at radius 2 is 2.31 bits per heavy atom. The van der Waals surface area contributed by atoms with Gasteiger partial charge >= 0.3 is 0 Å². The molecule has 0 spiro atoms. The number of hydrogen-bond donors (Lipinski definition) is 2. The molecule has 0 saturated heterocycles. The van der Waals surface area contributed by atoms with Gasteiger partial charge in [0.1, 0.15) is 18.2 Å². The Balaban J connectivity index is 2.55. The first-order chi connectivity index (χ1) is 6.22. The second kappa shape index (κ2) is 4.30. The average Bonchev–Trinajstić information content (AvgIpc) is 2.14. The van der Waals surface area contributed by atoms with Gasteiger partial charge in [-0.3, -0.25) is 0 Å². The molecule has 0 amide bonds. The Labute approximate surface area is 75.0 Å². The van der Waals surface area contributed by atoms with Crippen molar-refractivity contribution in [1.82, 2.24) is 0 Å². The van der Waals surface area contributed by atoms with Crippen LogP contribution in [0.25, 0.3) is 0 Å².